The maximum atomic E-state index is 6.26. The molecule has 0 fully saturated rings. The summed E-state index contributed by atoms with van der Waals surface area (Å²) in [4.78, 5) is 0. The third kappa shape index (κ3) is 2.91. The highest BCUT2D eigenvalue weighted by Gasteiger charge is 2.06. The molecular formula is C15H14BrCl. The molecule has 0 heterocycles. The first-order valence-corrected chi connectivity index (χ1v) is 6.80. The SMILES string of the molecule is CC(C)c1ccc(Cl)c(-c2ccc(Br)cc2)c1. The molecule has 2 rings (SSSR count). The van der Waals surface area contributed by atoms with E-state index in [9.17, 15) is 0 Å². The summed E-state index contributed by atoms with van der Waals surface area (Å²) in [6.45, 7) is 4.38. The zero-order chi connectivity index (χ0) is 12.4. The largest absolute Gasteiger partial charge is 0.0837 e. The predicted molar refractivity (Wildman–Crippen MR) is 78.7 cm³/mol. The van der Waals surface area contributed by atoms with Gasteiger partial charge >= 0.3 is 0 Å². The lowest BCUT2D eigenvalue weighted by atomic mass is 9.97. The maximum absolute atomic E-state index is 6.26. The van der Waals surface area contributed by atoms with Crippen molar-refractivity contribution in [2.45, 2.75) is 19.8 Å². The number of benzene rings is 2. The maximum Gasteiger partial charge on any atom is 0.0484 e. The normalized spacial score (nSPS) is 10.9. The molecule has 0 aliphatic rings. The second-order valence-electron chi connectivity index (χ2n) is 4.40. The Morgan fingerprint density at radius 2 is 1.65 bits per heavy atom. The van der Waals surface area contributed by atoms with Gasteiger partial charge in [-0.05, 0) is 41.3 Å². The monoisotopic (exact) mass is 308 g/mol. The molecule has 0 N–H and O–H groups in total. The molecule has 0 nitrogen and oxygen atoms in total. The summed E-state index contributed by atoms with van der Waals surface area (Å²) in [5.74, 6) is 0.515. The fraction of sp³-hybridized carbons (Fsp3) is 0.200. The number of halogens is 2. The van der Waals surface area contributed by atoms with Crippen LogP contribution in [0.3, 0.4) is 0 Å². The van der Waals surface area contributed by atoms with Crippen molar-refractivity contribution in [1.29, 1.82) is 0 Å². The van der Waals surface area contributed by atoms with E-state index in [1.54, 1.807) is 0 Å². The Morgan fingerprint density at radius 1 is 1.00 bits per heavy atom. The third-order valence-electron chi connectivity index (χ3n) is 2.81. The second-order valence-corrected chi connectivity index (χ2v) is 5.72. The third-order valence-corrected chi connectivity index (χ3v) is 3.67. The molecule has 17 heavy (non-hydrogen) atoms. The highest BCUT2D eigenvalue weighted by Crippen LogP contribution is 2.31. The van der Waals surface area contributed by atoms with Gasteiger partial charge in [0.2, 0.25) is 0 Å². The average molecular weight is 310 g/mol. The van der Waals surface area contributed by atoms with Crippen molar-refractivity contribution in [2.24, 2.45) is 0 Å². The van der Waals surface area contributed by atoms with E-state index in [0.29, 0.717) is 5.92 Å². The molecule has 0 aromatic heterocycles. The van der Waals surface area contributed by atoms with Gasteiger partial charge in [-0.25, -0.2) is 0 Å². The van der Waals surface area contributed by atoms with E-state index in [2.05, 4.69) is 54.0 Å². The molecule has 0 unspecified atom stereocenters. The van der Waals surface area contributed by atoms with Crippen LogP contribution in [0.2, 0.25) is 5.02 Å². The van der Waals surface area contributed by atoms with Gasteiger partial charge in [0.15, 0.2) is 0 Å². The topological polar surface area (TPSA) is 0 Å². The molecule has 0 radical (unpaired) electrons. The Morgan fingerprint density at radius 3 is 2.24 bits per heavy atom. The number of rotatable bonds is 2. The first-order valence-electron chi connectivity index (χ1n) is 5.63. The highest BCUT2D eigenvalue weighted by atomic mass is 79.9. The van der Waals surface area contributed by atoms with Crippen LogP contribution >= 0.6 is 27.5 Å². The summed E-state index contributed by atoms with van der Waals surface area (Å²) in [6.07, 6.45) is 0. The van der Waals surface area contributed by atoms with Crippen molar-refractivity contribution < 1.29 is 0 Å². The summed E-state index contributed by atoms with van der Waals surface area (Å²) in [5.41, 5.74) is 3.57. The average Bonchev–Trinajstić information content (AvgIpc) is 2.31. The molecule has 2 aromatic rings. The standard InChI is InChI=1S/C15H14BrCl/c1-10(2)12-5-8-15(17)14(9-12)11-3-6-13(16)7-4-11/h3-10H,1-2H3. The molecule has 0 bridgehead atoms. The van der Waals surface area contributed by atoms with Gasteiger partial charge in [0.1, 0.15) is 0 Å². The number of hydrogen-bond acceptors (Lipinski definition) is 0. The van der Waals surface area contributed by atoms with E-state index in [0.717, 1.165) is 20.6 Å². The Bertz CT molecular complexity index is 515. The smallest absolute Gasteiger partial charge is 0.0484 e. The second kappa shape index (κ2) is 5.24. The van der Waals surface area contributed by atoms with E-state index >= 15 is 0 Å². The molecule has 2 aromatic carbocycles. The Hall–Kier alpha value is -0.790. The van der Waals surface area contributed by atoms with E-state index in [1.165, 1.54) is 5.56 Å². The van der Waals surface area contributed by atoms with Gasteiger partial charge in [0.05, 0.1) is 0 Å². The van der Waals surface area contributed by atoms with Crippen LogP contribution in [0.4, 0.5) is 0 Å². The molecule has 0 aliphatic carbocycles. The fourth-order valence-corrected chi connectivity index (χ4v) is 2.24. The molecule has 0 saturated carbocycles. The molecule has 0 spiro atoms. The highest BCUT2D eigenvalue weighted by molar-refractivity contribution is 9.10. The Balaban J connectivity index is 2.50. The molecule has 0 amide bonds. The Labute approximate surface area is 116 Å². The van der Waals surface area contributed by atoms with Gasteiger partial charge in [-0.15, -0.1) is 0 Å². The number of hydrogen-bond donors (Lipinski definition) is 0. The minimum absolute atomic E-state index is 0.515. The zero-order valence-corrected chi connectivity index (χ0v) is 12.2. The van der Waals surface area contributed by atoms with Gasteiger partial charge < -0.3 is 0 Å². The van der Waals surface area contributed by atoms with Crippen LogP contribution in [-0.2, 0) is 0 Å². The van der Waals surface area contributed by atoms with Crippen LogP contribution in [0.5, 0.6) is 0 Å². The molecule has 0 atom stereocenters. The molecule has 2 heteroatoms. The van der Waals surface area contributed by atoms with E-state index in [4.69, 9.17) is 11.6 Å². The Kier molecular flexibility index (Phi) is 3.90. The summed E-state index contributed by atoms with van der Waals surface area (Å²) in [6, 6.07) is 14.5. The summed E-state index contributed by atoms with van der Waals surface area (Å²) in [5, 5.41) is 0.803. The van der Waals surface area contributed by atoms with Crippen LogP contribution < -0.4 is 0 Å². The lowest BCUT2D eigenvalue weighted by Crippen LogP contribution is -1.89. The van der Waals surface area contributed by atoms with E-state index < -0.39 is 0 Å². The summed E-state index contributed by atoms with van der Waals surface area (Å²) >= 11 is 9.70. The van der Waals surface area contributed by atoms with Gasteiger partial charge in [0.25, 0.3) is 0 Å². The van der Waals surface area contributed by atoms with Crippen LogP contribution in [0, 0.1) is 0 Å². The lowest BCUT2D eigenvalue weighted by molar-refractivity contribution is 0.867. The summed E-state index contributed by atoms with van der Waals surface area (Å²) in [7, 11) is 0. The minimum atomic E-state index is 0.515. The lowest BCUT2D eigenvalue weighted by Gasteiger charge is -2.10. The van der Waals surface area contributed by atoms with E-state index in [-0.39, 0.29) is 0 Å². The van der Waals surface area contributed by atoms with Crippen LogP contribution in [0.1, 0.15) is 25.3 Å². The van der Waals surface area contributed by atoms with Crippen molar-refractivity contribution in [3.63, 3.8) is 0 Å². The quantitative estimate of drug-likeness (QED) is 0.648. The van der Waals surface area contributed by atoms with Crippen molar-refractivity contribution in [3.05, 3.63) is 57.5 Å². The molecule has 88 valence electrons. The van der Waals surface area contributed by atoms with Crippen LogP contribution in [-0.4, -0.2) is 0 Å². The van der Waals surface area contributed by atoms with Gasteiger partial charge in [0, 0.05) is 15.1 Å². The van der Waals surface area contributed by atoms with Crippen LogP contribution in [0.25, 0.3) is 11.1 Å². The van der Waals surface area contributed by atoms with Crippen molar-refractivity contribution in [3.8, 4) is 11.1 Å². The zero-order valence-electron chi connectivity index (χ0n) is 9.87. The van der Waals surface area contributed by atoms with E-state index in [1.807, 2.05) is 18.2 Å². The van der Waals surface area contributed by atoms with Crippen molar-refractivity contribution >= 4 is 27.5 Å². The van der Waals surface area contributed by atoms with Gasteiger partial charge in [-0.2, -0.15) is 0 Å². The van der Waals surface area contributed by atoms with Crippen molar-refractivity contribution in [2.75, 3.05) is 0 Å². The predicted octanol–water partition coefficient (Wildman–Crippen LogP) is 5.89. The van der Waals surface area contributed by atoms with Gasteiger partial charge in [-0.3, -0.25) is 0 Å². The van der Waals surface area contributed by atoms with Gasteiger partial charge in [-0.1, -0.05) is 59.6 Å². The minimum Gasteiger partial charge on any atom is -0.0837 e. The first-order chi connectivity index (χ1) is 8.08. The van der Waals surface area contributed by atoms with Crippen LogP contribution in [0.15, 0.2) is 46.9 Å². The fourth-order valence-electron chi connectivity index (χ4n) is 1.75. The van der Waals surface area contributed by atoms with Crippen molar-refractivity contribution in [1.82, 2.24) is 0 Å². The summed E-state index contributed by atoms with van der Waals surface area (Å²) < 4.78 is 1.08. The molecule has 0 saturated heterocycles. The molecule has 0 aliphatic heterocycles. The first kappa shape index (κ1) is 12.7. The molecular weight excluding hydrogens is 296 g/mol.